The number of nitrogens with one attached hydrogen (secondary N) is 2. The minimum Gasteiger partial charge on any atom is -0.497 e. The normalized spacial score (nSPS) is 13.7. The van der Waals surface area contributed by atoms with Gasteiger partial charge in [0.05, 0.1) is 26.3 Å². The lowest BCUT2D eigenvalue weighted by atomic mass is 9.99. The number of rotatable bonds is 5. The minimum atomic E-state index is -0.150. The lowest BCUT2D eigenvalue weighted by Gasteiger charge is -2.28. The van der Waals surface area contributed by atoms with E-state index in [0.29, 0.717) is 42.1 Å². The van der Waals surface area contributed by atoms with E-state index in [1.54, 1.807) is 32.4 Å². The van der Waals surface area contributed by atoms with Crippen LogP contribution in [0.5, 0.6) is 11.5 Å². The number of carbonyl (C=O) groups is 1. The molecule has 31 heavy (non-hydrogen) atoms. The zero-order valence-electron chi connectivity index (χ0n) is 18.3. The molecule has 7 nitrogen and oxygen atoms in total. The standard InChI is InChI=1S/C24H27N3O4/c1-14-7-15(2)23-19(8-14)24(29)20-12-27(6-5-21(20)26-23)13-22(28)25-16-9-17(30-3)11-18(10-16)31-4/h7-11H,5-6,12-13H2,1-4H3,(H,25,28)(H,26,29). The molecule has 3 aromatic rings. The van der Waals surface area contributed by atoms with E-state index in [9.17, 15) is 9.59 Å². The topological polar surface area (TPSA) is 83.7 Å². The van der Waals surface area contributed by atoms with Gasteiger partial charge in [-0.05, 0) is 31.0 Å². The van der Waals surface area contributed by atoms with E-state index in [1.165, 1.54) is 0 Å². The number of aryl methyl sites for hydroxylation is 2. The molecule has 0 aliphatic carbocycles. The molecule has 2 aromatic carbocycles. The fourth-order valence-electron chi connectivity index (χ4n) is 4.21. The Balaban J connectivity index is 1.52. The van der Waals surface area contributed by atoms with Crippen molar-refractivity contribution < 1.29 is 14.3 Å². The van der Waals surface area contributed by atoms with E-state index in [1.807, 2.05) is 24.8 Å². The number of nitrogens with zero attached hydrogens (tertiary/aromatic N) is 1. The van der Waals surface area contributed by atoms with E-state index in [-0.39, 0.29) is 17.9 Å². The quantitative estimate of drug-likeness (QED) is 0.661. The first-order valence-corrected chi connectivity index (χ1v) is 10.3. The molecule has 0 saturated carbocycles. The molecule has 0 spiro atoms. The van der Waals surface area contributed by atoms with Gasteiger partial charge in [-0.2, -0.15) is 0 Å². The van der Waals surface area contributed by atoms with Gasteiger partial charge < -0.3 is 19.8 Å². The molecule has 7 heteroatoms. The Hall–Kier alpha value is -3.32. The molecule has 1 aliphatic rings. The second-order valence-corrected chi connectivity index (χ2v) is 8.03. The third-order valence-corrected chi connectivity index (χ3v) is 5.70. The largest absolute Gasteiger partial charge is 0.497 e. The van der Waals surface area contributed by atoms with Crippen molar-refractivity contribution in [3.8, 4) is 11.5 Å². The number of methoxy groups -OCH3 is 2. The maximum Gasteiger partial charge on any atom is 0.238 e. The van der Waals surface area contributed by atoms with Crippen molar-refractivity contribution in [1.29, 1.82) is 0 Å². The molecule has 0 atom stereocenters. The Morgan fingerprint density at radius 3 is 2.48 bits per heavy atom. The molecule has 0 bridgehead atoms. The van der Waals surface area contributed by atoms with Crippen molar-refractivity contribution >= 4 is 22.5 Å². The summed E-state index contributed by atoms with van der Waals surface area (Å²) in [6.07, 6.45) is 0.702. The third-order valence-electron chi connectivity index (χ3n) is 5.70. The van der Waals surface area contributed by atoms with Crippen LogP contribution in [0, 0.1) is 13.8 Å². The van der Waals surface area contributed by atoms with Gasteiger partial charge >= 0.3 is 0 Å². The summed E-state index contributed by atoms with van der Waals surface area (Å²) in [6, 6.07) is 9.25. The highest BCUT2D eigenvalue weighted by Crippen LogP contribution is 2.26. The van der Waals surface area contributed by atoms with E-state index in [0.717, 1.165) is 27.9 Å². The summed E-state index contributed by atoms with van der Waals surface area (Å²) in [4.78, 5) is 31.3. The van der Waals surface area contributed by atoms with Crippen molar-refractivity contribution in [3.63, 3.8) is 0 Å². The van der Waals surface area contributed by atoms with Gasteiger partial charge in [-0.3, -0.25) is 14.5 Å². The number of hydrogen-bond acceptors (Lipinski definition) is 5. The molecule has 4 rings (SSSR count). The van der Waals surface area contributed by atoms with Crippen molar-refractivity contribution in [2.24, 2.45) is 0 Å². The van der Waals surface area contributed by atoms with Crippen molar-refractivity contribution in [2.45, 2.75) is 26.8 Å². The average Bonchev–Trinajstić information content (AvgIpc) is 2.74. The van der Waals surface area contributed by atoms with Gasteiger partial charge in [-0.15, -0.1) is 0 Å². The first kappa shape index (κ1) is 20.9. The molecule has 0 fully saturated rings. The van der Waals surface area contributed by atoms with Crippen LogP contribution in [0.15, 0.2) is 35.1 Å². The number of benzene rings is 2. The summed E-state index contributed by atoms with van der Waals surface area (Å²) < 4.78 is 10.5. The fraction of sp³-hybridized carbons (Fsp3) is 0.333. The summed E-state index contributed by atoms with van der Waals surface area (Å²) in [5.41, 5.74) is 5.43. The van der Waals surface area contributed by atoms with E-state index in [4.69, 9.17) is 9.47 Å². The molecule has 1 aromatic heterocycles. The molecule has 2 heterocycles. The van der Waals surface area contributed by atoms with Gasteiger partial charge in [-0.25, -0.2) is 0 Å². The van der Waals surface area contributed by atoms with Crippen LogP contribution in [0.4, 0.5) is 5.69 Å². The lowest BCUT2D eigenvalue weighted by Crippen LogP contribution is -2.39. The molecule has 1 aliphatic heterocycles. The van der Waals surface area contributed by atoms with Gasteiger partial charge in [-0.1, -0.05) is 6.07 Å². The second-order valence-electron chi connectivity index (χ2n) is 8.03. The van der Waals surface area contributed by atoms with Crippen molar-refractivity contribution in [1.82, 2.24) is 9.88 Å². The van der Waals surface area contributed by atoms with Crippen LogP contribution in [-0.4, -0.2) is 43.1 Å². The first-order chi connectivity index (χ1) is 14.9. The van der Waals surface area contributed by atoms with Gasteiger partial charge in [0, 0.05) is 60.0 Å². The summed E-state index contributed by atoms with van der Waals surface area (Å²) in [5, 5.41) is 3.61. The zero-order valence-corrected chi connectivity index (χ0v) is 18.3. The smallest absolute Gasteiger partial charge is 0.238 e. The molecule has 2 N–H and O–H groups in total. The van der Waals surface area contributed by atoms with E-state index < -0.39 is 0 Å². The number of fused-ring (bicyclic) bond motifs is 2. The number of aromatic nitrogens is 1. The van der Waals surface area contributed by atoms with Crippen molar-refractivity contribution in [2.75, 3.05) is 32.6 Å². The third kappa shape index (κ3) is 4.27. The summed E-state index contributed by atoms with van der Waals surface area (Å²) in [6.45, 7) is 5.36. The van der Waals surface area contributed by atoms with Crippen molar-refractivity contribution in [3.05, 3.63) is 62.9 Å². The molecule has 1 amide bonds. The Labute approximate surface area is 181 Å². The lowest BCUT2D eigenvalue weighted by molar-refractivity contribution is -0.117. The predicted molar refractivity (Wildman–Crippen MR) is 121 cm³/mol. The maximum atomic E-state index is 13.2. The Bertz CT molecular complexity index is 1190. The maximum absolute atomic E-state index is 13.2. The van der Waals surface area contributed by atoms with Crippen LogP contribution in [0.3, 0.4) is 0 Å². The van der Waals surface area contributed by atoms with E-state index >= 15 is 0 Å². The summed E-state index contributed by atoms with van der Waals surface area (Å²) >= 11 is 0. The van der Waals surface area contributed by atoms with Crippen LogP contribution in [0.25, 0.3) is 10.9 Å². The molecular weight excluding hydrogens is 394 g/mol. The number of H-pyrrole nitrogens is 1. The van der Waals surface area contributed by atoms with Crippen LogP contribution < -0.4 is 20.2 Å². The van der Waals surface area contributed by atoms with Crippen LogP contribution in [0.2, 0.25) is 0 Å². The average molecular weight is 421 g/mol. The SMILES string of the molecule is COc1cc(NC(=O)CN2CCc3[nH]c4c(C)cc(C)cc4c(=O)c3C2)cc(OC)c1. The van der Waals surface area contributed by atoms with Gasteiger partial charge in [0.25, 0.3) is 0 Å². The zero-order chi connectivity index (χ0) is 22.1. The number of aromatic amines is 1. The number of pyridine rings is 1. The summed E-state index contributed by atoms with van der Waals surface area (Å²) in [5.74, 6) is 1.05. The number of anilines is 1. The number of carbonyl (C=O) groups excluding carboxylic acids is 1. The molecule has 162 valence electrons. The first-order valence-electron chi connectivity index (χ1n) is 10.3. The number of hydrogen-bond donors (Lipinski definition) is 2. The molecule has 0 saturated heterocycles. The molecule has 0 unspecified atom stereocenters. The number of amides is 1. The van der Waals surface area contributed by atoms with Crippen LogP contribution in [-0.2, 0) is 17.8 Å². The van der Waals surface area contributed by atoms with E-state index in [2.05, 4.69) is 16.4 Å². The van der Waals surface area contributed by atoms with Crippen LogP contribution in [0.1, 0.15) is 22.4 Å². The highest BCUT2D eigenvalue weighted by atomic mass is 16.5. The minimum absolute atomic E-state index is 0.0539. The predicted octanol–water partition coefficient (Wildman–Crippen LogP) is 3.16. The Kier molecular flexibility index (Phi) is 5.69. The molecule has 0 radical (unpaired) electrons. The Morgan fingerprint density at radius 1 is 1.10 bits per heavy atom. The molecular formula is C24H27N3O4. The monoisotopic (exact) mass is 421 g/mol. The van der Waals surface area contributed by atoms with Crippen LogP contribution >= 0.6 is 0 Å². The second kappa shape index (κ2) is 8.43. The number of ether oxygens (including phenoxy) is 2. The van der Waals surface area contributed by atoms with Gasteiger partial charge in [0.1, 0.15) is 11.5 Å². The highest BCUT2D eigenvalue weighted by Gasteiger charge is 2.23. The summed E-state index contributed by atoms with van der Waals surface area (Å²) in [7, 11) is 3.13. The Morgan fingerprint density at radius 2 is 1.81 bits per heavy atom. The highest BCUT2D eigenvalue weighted by molar-refractivity contribution is 5.92. The van der Waals surface area contributed by atoms with Gasteiger partial charge in [0.15, 0.2) is 5.43 Å². The fourth-order valence-corrected chi connectivity index (χ4v) is 4.21. The van der Waals surface area contributed by atoms with Gasteiger partial charge in [0.2, 0.25) is 5.91 Å².